The van der Waals surface area contributed by atoms with E-state index in [0.29, 0.717) is 22.3 Å². The van der Waals surface area contributed by atoms with E-state index in [1.54, 1.807) is 48.5 Å². The first kappa shape index (κ1) is 26.2. The lowest BCUT2D eigenvalue weighted by atomic mass is 9.90. The lowest BCUT2D eigenvalue weighted by Gasteiger charge is -2.13. The van der Waals surface area contributed by atoms with Crippen LogP contribution in [-0.4, -0.2) is 24.0 Å². The molecule has 3 aromatic rings. The van der Waals surface area contributed by atoms with E-state index in [1.807, 2.05) is 0 Å². The summed E-state index contributed by atoms with van der Waals surface area (Å²) in [5, 5.41) is 6.93. The molecule has 32 heavy (non-hydrogen) atoms. The molecule has 8 N–H and O–H groups in total. The predicted octanol–water partition coefficient (Wildman–Crippen LogP) is 2.74. The van der Waals surface area contributed by atoms with E-state index in [2.05, 4.69) is 10.2 Å². The first-order valence-electron chi connectivity index (χ1n) is 8.90. The van der Waals surface area contributed by atoms with E-state index in [9.17, 15) is 9.59 Å². The third-order valence-corrected chi connectivity index (χ3v) is 4.50. The monoisotopic (exact) mass is 472 g/mol. The van der Waals surface area contributed by atoms with Crippen LogP contribution < -0.4 is 23.2 Å². The predicted molar refractivity (Wildman–Crippen MR) is 133 cm³/mol. The van der Waals surface area contributed by atoms with Gasteiger partial charge in [0, 0.05) is 16.7 Å². The minimum atomic E-state index is -0.435. The number of benzene rings is 3. The Kier molecular flexibility index (Phi) is 9.40. The molecule has 0 aliphatic rings. The Labute approximate surface area is 197 Å². The Morgan fingerprint density at radius 1 is 0.719 bits per heavy atom. The zero-order valence-electron chi connectivity index (χ0n) is 16.8. The summed E-state index contributed by atoms with van der Waals surface area (Å²) in [6.07, 6.45) is 2.83. The van der Waals surface area contributed by atoms with Crippen molar-refractivity contribution < 1.29 is 9.59 Å². The number of halogens is 2. The van der Waals surface area contributed by atoms with Gasteiger partial charge in [-0.2, -0.15) is 10.2 Å². The first-order valence-corrected chi connectivity index (χ1v) is 8.90. The Bertz CT molecular complexity index is 1190. The molecule has 3 aromatic carbocycles. The fourth-order valence-corrected chi connectivity index (χ4v) is 3.06. The molecule has 0 radical (unpaired) electrons. The van der Waals surface area contributed by atoms with Crippen LogP contribution in [0.5, 0.6) is 0 Å². The van der Waals surface area contributed by atoms with Crippen LogP contribution in [0.3, 0.4) is 0 Å². The van der Waals surface area contributed by atoms with Gasteiger partial charge in [0.2, 0.25) is 0 Å². The Balaban J connectivity index is 0.00000256. The summed E-state index contributed by atoms with van der Waals surface area (Å²) < 4.78 is 0. The van der Waals surface area contributed by atoms with Gasteiger partial charge in [0.05, 0.1) is 29.4 Å². The molecule has 0 bridgehead atoms. The lowest BCUT2D eigenvalue weighted by molar-refractivity contribution is 0.100. The number of nitrogens with two attached hydrogens (primary N) is 4. The summed E-state index contributed by atoms with van der Waals surface area (Å²) in [5.74, 6) is 9.57. The molecule has 0 aromatic heterocycles. The Morgan fingerprint density at radius 3 is 1.72 bits per heavy atom. The minimum Gasteiger partial charge on any atom is -0.397 e. The van der Waals surface area contributed by atoms with Gasteiger partial charge in [0.15, 0.2) is 11.6 Å². The summed E-state index contributed by atoms with van der Waals surface area (Å²) >= 11 is 0. The second-order valence-corrected chi connectivity index (χ2v) is 6.46. The second-order valence-electron chi connectivity index (χ2n) is 6.46. The van der Waals surface area contributed by atoms with Crippen LogP contribution in [0, 0.1) is 0 Å². The number of carbonyl (C=O) groups is 2. The number of nitrogen functional groups attached to an aromatic ring is 2. The van der Waals surface area contributed by atoms with Gasteiger partial charge in [-0.3, -0.25) is 9.59 Å². The van der Waals surface area contributed by atoms with Crippen molar-refractivity contribution in [3.8, 4) is 0 Å². The molecule has 8 nitrogen and oxygen atoms in total. The molecule has 0 heterocycles. The van der Waals surface area contributed by atoms with Crippen LogP contribution in [0.4, 0.5) is 11.4 Å². The lowest BCUT2D eigenvalue weighted by Crippen LogP contribution is -2.15. The maximum atomic E-state index is 13.3. The fraction of sp³-hybridized carbons (Fsp3) is 0. The van der Waals surface area contributed by atoms with E-state index in [0.717, 1.165) is 0 Å². The number of carbonyl (C=O) groups excluding carboxylic acids is 2. The first-order chi connectivity index (χ1) is 14.5. The molecule has 166 valence electrons. The quantitative estimate of drug-likeness (QED) is 0.141. The number of nitrogens with zero attached hydrogens (tertiary/aromatic N) is 2. The smallest absolute Gasteiger partial charge is 0.195 e. The van der Waals surface area contributed by atoms with Crippen LogP contribution in [0.15, 0.2) is 70.9 Å². The summed E-state index contributed by atoms with van der Waals surface area (Å²) in [6, 6.07) is 16.4. The van der Waals surface area contributed by atoms with Gasteiger partial charge < -0.3 is 23.2 Å². The van der Waals surface area contributed by atoms with E-state index in [4.69, 9.17) is 23.2 Å². The van der Waals surface area contributed by atoms with Crippen molar-refractivity contribution >= 4 is 60.2 Å². The van der Waals surface area contributed by atoms with Crippen molar-refractivity contribution in [2.75, 3.05) is 11.5 Å². The molecule has 0 amide bonds. The van der Waals surface area contributed by atoms with Gasteiger partial charge in [0.25, 0.3) is 0 Å². The number of anilines is 2. The van der Waals surface area contributed by atoms with Crippen molar-refractivity contribution in [2.24, 2.45) is 21.9 Å². The highest BCUT2D eigenvalue weighted by Crippen LogP contribution is 2.28. The van der Waals surface area contributed by atoms with Crippen LogP contribution in [0.1, 0.15) is 43.0 Å². The Hall–Kier alpha value is -3.88. The molecular formula is C22H22Cl2N6O2. The maximum absolute atomic E-state index is 13.3. The van der Waals surface area contributed by atoms with E-state index in [1.165, 1.54) is 24.6 Å². The molecular weight excluding hydrogens is 451 g/mol. The van der Waals surface area contributed by atoms with Crippen LogP contribution in [0.25, 0.3) is 0 Å². The molecule has 0 saturated heterocycles. The molecule has 0 atom stereocenters. The number of ketones is 2. The third-order valence-electron chi connectivity index (χ3n) is 4.50. The number of hydrogen-bond donors (Lipinski definition) is 4. The summed E-state index contributed by atoms with van der Waals surface area (Å²) in [5.41, 5.74) is 14.5. The standard InChI is InChI=1S/C22H20N6O2.2ClH/c23-18-8-7-17(21(29)15-5-1-3-13(9-15)11-27-25)19(20(18)24)22(30)16-6-2-4-14(10-16)12-28-26;;/h1-12H,23-26H2;2*1H. The van der Waals surface area contributed by atoms with E-state index < -0.39 is 5.78 Å². The largest absolute Gasteiger partial charge is 0.397 e. The zero-order chi connectivity index (χ0) is 21.7. The van der Waals surface area contributed by atoms with Gasteiger partial charge >= 0.3 is 0 Å². The molecule has 0 fully saturated rings. The highest BCUT2D eigenvalue weighted by molar-refractivity contribution is 6.23. The molecule has 0 saturated carbocycles. The van der Waals surface area contributed by atoms with Crippen molar-refractivity contribution in [1.29, 1.82) is 0 Å². The maximum Gasteiger partial charge on any atom is 0.195 e. The summed E-state index contributed by atoms with van der Waals surface area (Å²) in [4.78, 5) is 26.5. The van der Waals surface area contributed by atoms with Gasteiger partial charge in [-0.15, -0.1) is 24.8 Å². The van der Waals surface area contributed by atoms with Gasteiger partial charge in [-0.1, -0.05) is 36.4 Å². The Morgan fingerprint density at radius 2 is 1.22 bits per heavy atom. The van der Waals surface area contributed by atoms with Gasteiger partial charge in [0.1, 0.15) is 0 Å². The van der Waals surface area contributed by atoms with Gasteiger partial charge in [-0.05, 0) is 35.4 Å². The number of rotatable bonds is 6. The minimum absolute atomic E-state index is 0. The molecule has 0 aliphatic heterocycles. The van der Waals surface area contributed by atoms with Crippen LogP contribution >= 0.6 is 24.8 Å². The third kappa shape index (κ3) is 5.42. The molecule has 3 rings (SSSR count). The average Bonchev–Trinajstić information content (AvgIpc) is 2.75. The van der Waals surface area contributed by atoms with Crippen molar-refractivity contribution in [2.45, 2.75) is 0 Å². The van der Waals surface area contributed by atoms with Crippen molar-refractivity contribution in [3.63, 3.8) is 0 Å². The number of hydrogen-bond acceptors (Lipinski definition) is 8. The summed E-state index contributed by atoms with van der Waals surface area (Å²) in [6.45, 7) is 0. The topological polar surface area (TPSA) is 163 Å². The molecule has 0 unspecified atom stereocenters. The number of hydrazone groups is 2. The molecule has 10 heteroatoms. The normalized spacial score (nSPS) is 10.5. The van der Waals surface area contributed by atoms with Crippen LogP contribution in [-0.2, 0) is 0 Å². The fourth-order valence-electron chi connectivity index (χ4n) is 3.06. The highest BCUT2D eigenvalue weighted by Gasteiger charge is 2.24. The highest BCUT2D eigenvalue weighted by atomic mass is 35.5. The molecule has 0 spiro atoms. The van der Waals surface area contributed by atoms with Gasteiger partial charge in [-0.25, -0.2) is 0 Å². The molecule has 0 aliphatic carbocycles. The zero-order valence-corrected chi connectivity index (χ0v) is 18.4. The SMILES string of the molecule is Cl.Cl.NN=Cc1cccc(C(=O)c2ccc(N)c(N)c2C(=O)c2cccc(C=NN)c2)c1. The van der Waals surface area contributed by atoms with Crippen molar-refractivity contribution in [1.82, 2.24) is 0 Å². The second kappa shape index (κ2) is 11.5. The average molecular weight is 473 g/mol. The van der Waals surface area contributed by atoms with E-state index >= 15 is 0 Å². The summed E-state index contributed by atoms with van der Waals surface area (Å²) in [7, 11) is 0. The van der Waals surface area contributed by atoms with E-state index in [-0.39, 0.29) is 53.1 Å². The van der Waals surface area contributed by atoms with Crippen molar-refractivity contribution in [3.05, 3.63) is 94.0 Å². The van der Waals surface area contributed by atoms with Crippen LogP contribution in [0.2, 0.25) is 0 Å².